The van der Waals surface area contributed by atoms with Crippen molar-refractivity contribution in [2.45, 2.75) is 40.0 Å². The Balaban J connectivity index is 4.33. The first-order valence-electron chi connectivity index (χ1n) is 5.82. The van der Waals surface area contributed by atoms with Gasteiger partial charge in [0.05, 0.1) is 0 Å². The Bertz CT molecular complexity index is 221. The molecule has 0 spiro atoms. The fraction of sp³-hybridized carbons (Fsp3) is 0.769. The second kappa shape index (κ2) is 6.78. The van der Waals surface area contributed by atoms with E-state index in [1.165, 1.54) is 0 Å². The zero-order valence-corrected chi connectivity index (χ0v) is 10.8. The Labute approximate surface area is 94.4 Å². The number of ketones is 1. The molecule has 0 aliphatic heterocycles. The number of carbonyl (C=O) groups excluding carboxylic acids is 1. The minimum atomic E-state index is -0.155. The average molecular weight is 211 g/mol. The Morgan fingerprint density at radius 2 is 1.93 bits per heavy atom. The molecule has 2 heteroatoms. The average Bonchev–Trinajstić information content (AvgIpc) is 2.17. The largest absolute Gasteiger partial charge is 0.306 e. The van der Waals surface area contributed by atoms with Crippen LogP contribution in [0.25, 0.3) is 0 Å². The zero-order chi connectivity index (χ0) is 11.9. The Morgan fingerprint density at radius 1 is 1.33 bits per heavy atom. The van der Waals surface area contributed by atoms with Crippen molar-refractivity contribution in [1.29, 1.82) is 0 Å². The van der Waals surface area contributed by atoms with Gasteiger partial charge in [-0.15, -0.1) is 0 Å². The van der Waals surface area contributed by atoms with E-state index in [2.05, 4.69) is 20.8 Å². The van der Waals surface area contributed by atoms with E-state index in [1.807, 2.05) is 25.1 Å². The first-order chi connectivity index (χ1) is 6.96. The molecule has 0 aromatic rings. The fourth-order valence-electron chi connectivity index (χ4n) is 1.60. The van der Waals surface area contributed by atoms with Crippen LogP contribution >= 0.6 is 0 Å². The van der Waals surface area contributed by atoms with Crippen LogP contribution in [0.5, 0.6) is 0 Å². The molecule has 0 amide bonds. The number of hydrogen-bond donors (Lipinski definition) is 0. The molecule has 15 heavy (non-hydrogen) atoms. The van der Waals surface area contributed by atoms with Crippen molar-refractivity contribution in [2.75, 3.05) is 20.6 Å². The maximum atomic E-state index is 12.0. The highest BCUT2D eigenvalue weighted by Gasteiger charge is 2.27. The van der Waals surface area contributed by atoms with Crippen LogP contribution in [0.4, 0.5) is 0 Å². The molecule has 1 unspecified atom stereocenters. The second-order valence-electron chi connectivity index (χ2n) is 4.69. The van der Waals surface area contributed by atoms with E-state index in [0.717, 1.165) is 25.8 Å². The third-order valence-corrected chi connectivity index (χ3v) is 2.92. The minimum absolute atomic E-state index is 0.155. The molecule has 1 atom stereocenters. The molecule has 0 rings (SSSR count). The minimum Gasteiger partial charge on any atom is -0.306 e. The zero-order valence-electron chi connectivity index (χ0n) is 10.8. The van der Waals surface area contributed by atoms with Crippen molar-refractivity contribution >= 4 is 5.78 Å². The number of rotatable bonds is 7. The highest BCUT2D eigenvalue weighted by Crippen LogP contribution is 2.28. The van der Waals surface area contributed by atoms with Crippen molar-refractivity contribution < 1.29 is 4.79 Å². The van der Waals surface area contributed by atoms with E-state index in [-0.39, 0.29) is 11.2 Å². The van der Waals surface area contributed by atoms with Crippen molar-refractivity contribution in [1.82, 2.24) is 4.90 Å². The van der Waals surface area contributed by atoms with Gasteiger partial charge in [0.25, 0.3) is 0 Å². The summed E-state index contributed by atoms with van der Waals surface area (Å²) in [7, 11) is 4.00. The smallest absolute Gasteiger partial charge is 0.161 e. The first kappa shape index (κ1) is 14.4. The van der Waals surface area contributed by atoms with Gasteiger partial charge in [-0.25, -0.2) is 0 Å². The van der Waals surface area contributed by atoms with Crippen LogP contribution < -0.4 is 0 Å². The lowest BCUT2D eigenvalue weighted by Gasteiger charge is -2.24. The first-order valence-corrected chi connectivity index (χ1v) is 5.82. The van der Waals surface area contributed by atoms with Crippen molar-refractivity contribution in [3.05, 3.63) is 12.2 Å². The summed E-state index contributed by atoms with van der Waals surface area (Å²) in [5.41, 5.74) is -0.155. The van der Waals surface area contributed by atoms with Gasteiger partial charge in [0, 0.05) is 12.0 Å². The molecule has 0 bridgehead atoms. The second-order valence-corrected chi connectivity index (χ2v) is 4.69. The Hall–Kier alpha value is -0.630. The van der Waals surface area contributed by atoms with E-state index in [1.54, 1.807) is 6.08 Å². The topological polar surface area (TPSA) is 20.3 Å². The SMILES string of the molecule is CCCC(C)(CC)C(=O)/C=C/CN(C)C. The van der Waals surface area contributed by atoms with Crippen LogP contribution in [-0.2, 0) is 4.79 Å². The predicted molar refractivity (Wildman–Crippen MR) is 66.0 cm³/mol. The number of hydrogen-bond acceptors (Lipinski definition) is 2. The Morgan fingerprint density at radius 3 is 2.33 bits per heavy atom. The maximum Gasteiger partial charge on any atom is 0.161 e. The molecular weight excluding hydrogens is 186 g/mol. The van der Waals surface area contributed by atoms with Gasteiger partial charge in [0.2, 0.25) is 0 Å². The van der Waals surface area contributed by atoms with Crippen LogP contribution in [0, 0.1) is 5.41 Å². The van der Waals surface area contributed by atoms with Crippen LogP contribution in [0.3, 0.4) is 0 Å². The summed E-state index contributed by atoms with van der Waals surface area (Å²) in [5, 5.41) is 0. The summed E-state index contributed by atoms with van der Waals surface area (Å²) in [4.78, 5) is 14.0. The van der Waals surface area contributed by atoms with Crippen LogP contribution in [0.1, 0.15) is 40.0 Å². The van der Waals surface area contributed by atoms with Gasteiger partial charge in [0.1, 0.15) is 0 Å². The highest BCUT2D eigenvalue weighted by molar-refractivity contribution is 5.94. The molecule has 0 saturated heterocycles. The summed E-state index contributed by atoms with van der Waals surface area (Å²) in [6.07, 6.45) is 6.67. The van der Waals surface area contributed by atoms with Gasteiger partial charge in [-0.2, -0.15) is 0 Å². The third-order valence-electron chi connectivity index (χ3n) is 2.92. The number of likely N-dealkylation sites (N-methyl/N-ethyl adjacent to an activating group) is 1. The summed E-state index contributed by atoms with van der Waals surface area (Å²) >= 11 is 0. The number of nitrogens with zero attached hydrogens (tertiary/aromatic N) is 1. The van der Waals surface area contributed by atoms with Crippen LogP contribution in [-0.4, -0.2) is 31.3 Å². The molecule has 88 valence electrons. The maximum absolute atomic E-state index is 12.0. The van der Waals surface area contributed by atoms with Gasteiger partial charge in [-0.3, -0.25) is 4.79 Å². The molecule has 2 nitrogen and oxygen atoms in total. The predicted octanol–water partition coefficient (Wildman–Crippen LogP) is 2.89. The summed E-state index contributed by atoms with van der Waals surface area (Å²) in [6.45, 7) is 7.12. The van der Waals surface area contributed by atoms with E-state index < -0.39 is 0 Å². The molecule has 0 saturated carbocycles. The molecular formula is C13H25NO. The van der Waals surface area contributed by atoms with Gasteiger partial charge >= 0.3 is 0 Å². The molecule has 0 aliphatic rings. The molecule has 0 fully saturated rings. The van der Waals surface area contributed by atoms with Crippen molar-refractivity contribution in [3.8, 4) is 0 Å². The lowest BCUT2D eigenvalue weighted by atomic mass is 9.79. The molecule has 0 heterocycles. The van der Waals surface area contributed by atoms with Crippen molar-refractivity contribution in [3.63, 3.8) is 0 Å². The van der Waals surface area contributed by atoms with Crippen molar-refractivity contribution in [2.24, 2.45) is 5.41 Å². The third kappa shape index (κ3) is 5.12. The lowest BCUT2D eigenvalue weighted by molar-refractivity contribution is -0.123. The van der Waals surface area contributed by atoms with Gasteiger partial charge in [-0.05, 0) is 33.0 Å². The molecule has 0 N–H and O–H groups in total. The monoisotopic (exact) mass is 211 g/mol. The Kier molecular flexibility index (Phi) is 6.50. The van der Waals surface area contributed by atoms with E-state index in [0.29, 0.717) is 0 Å². The quantitative estimate of drug-likeness (QED) is 0.603. The highest BCUT2D eigenvalue weighted by atomic mass is 16.1. The van der Waals surface area contributed by atoms with Gasteiger partial charge < -0.3 is 4.90 Å². The molecule has 0 radical (unpaired) electrons. The summed E-state index contributed by atoms with van der Waals surface area (Å²) < 4.78 is 0. The van der Waals surface area contributed by atoms with Gasteiger partial charge in [-0.1, -0.05) is 33.3 Å². The lowest BCUT2D eigenvalue weighted by Crippen LogP contribution is -2.25. The van der Waals surface area contributed by atoms with E-state index in [9.17, 15) is 4.79 Å². The van der Waals surface area contributed by atoms with E-state index >= 15 is 0 Å². The molecule has 0 aliphatic carbocycles. The summed E-state index contributed by atoms with van der Waals surface area (Å²) in [5.74, 6) is 0.272. The normalized spacial score (nSPS) is 15.9. The molecule has 0 aromatic heterocycles. The van der Waals surface area contributed by atoms with Gasteiger partial charge in [0.15, 0.2) is 5.78 Å². The van der Waals surface area contributed by atoms with E-state index in [4.69, 9.17) is 0 Å². The number of allylic oxidation sites excluding steroid dienone is 1. The fourth-order valence-corrected chi connectivity index (χ4v) is 1.60. The van der Waals surface area contributed by atoms with Crippen LogP contribution in [0.2, 0.25) is 0 Å². The van der Waals surface area contributed by atoms with Crippen LogP contribution in [0.15, 0.2) is 12.2 Å². The molecule has 0 aromatic carbocycles. The summed E-state index contributed by atoms with van der Waals surface area (Å²) in [6, 6.07) is 0. The number of carbonyl (C=O) groups is 1. The standard InChI is InChI=1S/C13H25NO/c1-6-10-13(3,7-2)12(15)9-8-11-14(4)5/h8-9H,6-7,10-11H2,1-5H3/b9-8+.